The van der Waals surface area contributed by atoms with E-state index in [1.807, 2.05) is 0 Å². The fraction of sp³-hybridized carbons (Fsp3) is 0.714. The average Bonchev–Trinajstić information content (AvgIpc) is 3.01. The lowest BCUT2D eigenvalue weighted by atomic mass is 9.94. The van der Waals surface area contributed by atoms with E-state index in [1.165, 1.54) is 32.7 Å². The molecule has 1 aromatic heterocycles. The SMILES string of the molecule is COc1c(N2CCCCC2C2CCCN2)nc[nH]c1=O. The molecular formula is C14H22N4O2. The Hall–Kier alpha value is -1.56. The number of ether oxygens (including phenoxy) is 1. The van der Waals surface area contributed by atoms with Gasteiger partial charge in [-0.05, 0) is 38.6 Å². The van der Waals surface area contributed by atoms with Gasteiger partial charge in [0.05, 0.1) is 13.4 Å². The maximum atomic E-state index is 11.9. The van der Waals surface area contributed by atoms with Crippen molar-refractivity contribution in [3.8, 4) is 5.75 Å². The van der Waals surface area contributed by atoms with E-state index >= 15 is 0 Å². The van der Waals surface area contributed by atoms with Crippen LogP contribution in [0, 0.1) is 0 Å². The molecule has 20 heavy (non-hydrogen) atoms. The topological polar surface area (TPSA) is 70.2 Å². The third-order valence-corrected chi connectivity index (χ3v) is 4.38. The Kier molecular flexibility index (Phi) is 3.91. The maximum absolute atomic E-state index is 11.9. The van der Waals surface area contributed by atoms with Crippen molar-refractivity contribution in [3.63, 3.8) is 0 Å². The standard InChI is InChI=1S/C14H22N4O2/c1-20-12-13(16-9-17-14(12)19)18-8-3-2-6-11(18)10-5-4-7-15-10/h9-11,15H,2-8H2,1H3,(H,16,17,19). The van der Waals surface area contributed by atoms with Gasteiger partial charge in [0.15, 0.2) is 5.82 Å². The molecule has 2 aliphatic heterocycles. The third-order valence-electron chi connectivity index (χ3n) is 4.38. The number of rotatable bonds is 3. The molecular weight excluding hydrogens is 256 g/mol. The Morgan fingerprint density at radius 2 is 2.25 bits per heavy atom. The molecule has 1 aromatic rings. The van der Waals surface area contributed by atoms with Gasteiger partial charge in [0, 0.05) is 18.6 Å². The molecule has 2 saturated heterocycles. The van der Waals surface area contributed by atoms with E-state index in [2.05, 4.69) is 20.2 Å². The zero-order valence-corrected chi connectivity index (χ0v) is 11.9. The van der Waals surface area contributed by atoms with Crippen LogP contribution in [-0.2, 0) is 0 Å². The van der Waals surface area contributed by atoms with Crippen molar-refractivity contribution >= 4 is 5.82 Å². The van der Waals surface area contributed by atoms with Crippen LogP contribution in [0.4, 0.5) is 5.82 Å². The largest absolute Gasteiger partial charge is 0.489 e. The molecule has 2 fully saturated rings. The normalized spacial score (nSPS) is 26.8. The number of piperidine rings is 1. The second kappa shape index (κ2) is 5.83. The second-order valence-electron chi connectivity index (χ2n) is 5.55. The van der Waals surface area contributed by atoms with Crippen molar-refractivity contribution in [3.05, 3.63) is 16.7 Å². The van der Waals surface area contributed by atoms with Crippen molar-refractivity contribution in [1.29, 1.82) is 0 Å². The molecule has 2 atom stereocenters. The molecule has 2 unspecified atom stereocenters. The van der Waals surface area contributed by atoms with E-state index < -0.39 is 0 Å². The fourth-order valence-corrected chi connectivity index (χ4v) is 3.44. The van der Waals surface area contributed by atoms with Crippen molar-refractivity contribution in [2.75, 3.05) is 25.1 Å². The van der Waals surface area contributed by atoms with Crippen molar-refractivity contribution in [2.45, 2.75) is 44.2 Å². The van der Waals surface area contributed by atoms with Crippen LogP contribution in [0.25, 0.3) is 0 Å². The van der Waals surface area contributed by atoms with Gasteiger partial charge in [0.1, 0.15) is 0 Å². The molecule has 2 N–H and O–H groups in total. The number of hydrogen-bond donors (Lipinski definition) is 2. The van der Waals surface area contributed by atoms with Gasteiger partial charge in [-0.15, -0.1) is 0 Å². The number of anilines is 1. The van der Waals surface area contributed by atoms with Gasteiger partial charge in [-0.2, -0.15) is 0 Å². The first-order chi connectivity index (χ1) is 9.81. The summed E-state index contributed by atoms with van der Waals surface area (Å²) in [6.07, 6.45) is 7.43. The van der Waals surface area contributed by atoms with Gasteiger partial charge in [0.2, 0.25) is 5.75 Å². The van der Waals surface area contributed by atoms with Gasteiger partial charge in [0.25, 0.3) is 5.56 Å². The molecule has 110 valence electrons. The first-order valence-corrected chi connectivity index (χ1v) is 7.43. The third kappa shape index (κ3) is 2.40. The van der Waals surface area contributed by atoms with E-state index in [1.54, 1.807) is 0 Å². The highest BCUT2D eigenvalue weighted by atomic mass is 16.5. The Morgan fingerprint density at radius 3 is 3.00 bits per heavy atom. The summed E-state index contributed by atoms with van der Waals surface area (Å²) >= 11 is 0. The summed E-state index contributed by atoms with van der Waals surface area (Å²) in [4.78, 5) is 21.1. The summed E-state index contributed by atoms with van der Waals surface area (Å²) in [5.74, 6) is 1.02. The van der Waals surface area contributed by atoms with Crippen LogP contribution in [0.5, 0.6) is 5.75 Å². The summed E-state index contributed by atoms with van der Waals surface area (Å²) in [5, 5.41) is 3.58. The number of nitrogens with one attached hydrogen (secondary N) is 2. The fourth-order valence-electron chi connectivity index (χ4n) is 3.44. The van der Waals surface area contributed by atoms with Crippen LogP contribution < -0.4 is 20.5 Å². The summed E-state index contributed by atoms with van der Waals surface area (Å²) in [7, 11) is 1.53. The highest BCUT2D eigenvalue weighted by Gasteiger charge is 2.34. The summed E-state index contributed by atoms with van der Waals surface area (Å²) < 4.78 is 5.27. The molecule has 3 heterocycles. The zero-order chi connectivity index (χ0) is 13.9. The zero-order valence-electron chi connectivity index (χ0n) is 11.9. The minimum absolute atomic E-state index is 0.207. The Balaban J connectivity index is 1.93. The predicted octanol–water partition coefficient (Wildman–Crippen LogP) is 0.889. The van der Waals surface area contributed by atoms with Crippen LogP contribution in [0.15, 0.2) is 11.1 Å². The monoisotopic (exact) mass is 278 g/mol. The summed E-state index contributed by atoms with van der Waals surface area (Å²) in [5.41, 5.74) is -0.207. The number of aromatic amines is 1. The van der Waals surface area contributed by atoms with E-state index in [0.29, 0.717) is 23.7 Å². The number of methoxy groups -OCH3 is 1. The van der Waals surface area contributed by atoms with E-state index in [9.17, 15) is 4.79 Å². The molecule has 0 spiro atoms. The Bertz CT molecular complexity index is 510. The van der Waals surface area contributed by atoms with Crippen LogP contribution in [0.2, 0.25) is 0 Å². The van der Waals surface area contributed by atoms with Gasteiger partial charge < -0.3 is 19.9 Å². The lowest BCUT2D eigenvalue weighted by Gasteiger charge is -2.40. The molecule has 0 amide bonds. The van der Waals surface area contributed by atoms with Gasteiger partial charge in [-0.25, -0.2) is 4.98 Å². The molecule has 3 rings (SSSR count). The second-order valence-corrected chi connectivity index (χ2v) is 5.55. The highest BCUT2D eigenvalue weighted by molar-refractivity contribution is 5.52. The molecule has 0 radical (unpaired) electrons. The van der Waals surface area contributed by atoms with Crippen LogP contribution in [0.3, 0.4) is 0 Å². The molecule has 0 aliphatic carbocycles. The summed E-state index contributed by atoms with van der Waals surface area (Å²) in [6, 6.07) is 0.913. The van der Waals surface area contributed by atoms with Gasteiger partial charge >= 0.3 is 0 Å². The van der Waals surface area contributed by atoms with Crippen molar-refractivity contribution < 1.29 is 4.74 Å². The smallest absolute Gasteiger partial charge is 0.295 e. The predicted molar refractivity (Wildman–Crippen MR) is 77.4 cm³/mol. The van der Waals surface area contributed by atoms with Gasteiger partial charge in [-0.1, -0.05) is 0 Å². The van der Waals surface area contributed by atoms with E-state index in [4.69, 9.17) is 4.74 Å². The summed E-state index contributed by atoms with van der Waals surface area (Å²) in [6.45, 7) is 2.03. The molecule has 0 saturated carbocycles. The first kappa shape index (κ1) is 13.4. The lowest BCUT2D eigenvalue weighted by Crippen LogP contribution is -2.51. The molecule has 0 bridgehead atoms. The molecule has 6 heteroatoms. The number of H-pyrrole nitrogens is 1. The molecule has 2 aliphatic rings. The minimum atomic E-state index is -0.207. The average molecular weight is 278 g/mol. The van der Waals surface area contributed by atoms with Crippen molar-refractivity contribution in [1.82, 2.24) is 15.3 Å². The quantitative estimate of drug-likeness (QED) is 0.859. The first-order valence-electron chi connectivity index (χ1n) is 7.43. The van der Waals surface area contributed by atoms with Crippen LogP contribution in [0.1, 0.15) is 32.1 Å². The minimum Gasteiger partial charge on any atom is -0.489 e. The van der Waals surface area contributed by atoms with E-state index in [0.717, 1.165) is 25.9 Å². The number of nitrogens with zero attached hydrogens (tertiary/aromatic N) is 2. The van der Waals surface area contributed by atoms with Gasteiger partial charge in [-0.3, -0.25) is 4.79 Å². The van der Waals surface area contributed by atoms with Crippen LogP contribution >= 0.6 is 0 Å². The number of hydrogen-bond acceptors (Lipinski definition) is 5. The Morgan fingerprint density at radius 1 is 1.35 bits per heavy atom. The highest BCUT2D eigenvalue weighted by Crippen LogP contribution is 2.31. The maximum Gasteiger partial charge on any atom is 0.295 e. The molecule has 6 nitrogen and oxygen atoms in total. The molecule has 0 aromatic carbocycles. The lowest BCUT2D eigenvalue weighted by molar-refractivity contribution is 0.362. The van der Waals surface area contributed by atoms with Crippen molar-refractivity contribution in [2.24, 2.45) is 0 Å². The van der Waals surface area contributed by atoms with E-state index in [-0.39, 0.29) is 5.56 Å². The Labute approximate surface area is 118 Å². The van der Waals surface area contributed by atoms with Crippen LogP contribution in [-0.4, -0.2) is 42.3 Å². The number of aromatic nitrogens is 2.